The molecule has 1 aliphatic rings. The van der Waals surface area contributed by atoms with Gasteiger partial charge in [-0.25, -0.2) is 4.79 Å². The van der Waals surface area contributed by atoms with Crippen molar-refractivity contribution < 1.29 is 9.53 Å². The van der Waals surface area contributed by atoms with E-state index < -0.39 is 0 Å². The lowest BCUT2D eigenvalue weighted by molar-refractivity contribution is 0.0533. The Morgan fingerprint density at radius 3 is 2.95 bits per heavy atom. The van der Waals surface area contributed by atoms with E-state index in [0.29, 0.717) is 22.6 Å². The van der Waals surface area contributed by atoms with Crippen molar-refractivity contribution in [2.75, 3.05) is 30.3 Å². The first-order valence-electron chi connectivity index (χ1n) is 6.74. The molecule has 2 heterocycles. The number of nitrogens with zero attached hydrogens (tertiary/aromatic N) is 1. The second-order valence-corrected chi connectivity index (χ2v) is 6.81. The number of anilines is 2. The molecule has 2 rings (SSSR count). The van der Waals surface area contributed by atoms with Gasteiger partial charge in [0.2, 0.25) is 0 Å². The highest BCUT2D eigenvalue weighted by atomic mass is 32.1. The van der Waals surface area contributed by atoms with Crippen molar-refractivity contribution in [3.8, 4) is 0 Å². The number of hydrogen-bond donors (Lipinski definition) is 1. The summed E-state index contributed by atoms with van der Waals surface area (Å²) in [5, 5.41) is 1.08. The van der Waals surface area contributed by atoms with Gasteiger partial charge >= 0.3 is 5.97 Å². The summed E-state index contributed by atoms with van der Waals surface area (Å²) in [4.78, 5) is 14.6. The van der Waals surface area contributed by atoms with Crippen LogP contribution in [0.2, 0.25) is 0 Å². The van der Waals surface area contributed by atoms with Crippen molar-refractivity contribution in [1.82, 2.24) is 0 Å². The molecule has 19 heavy (non-hydrogen) atoms. The minimum Gasteiger partial charge on any atom is -0.462 e. The molecule has 4 nitrogen and oxygen atoms in total. The summed E-state index contributed by atoms with van der Waals surface area (Å²) in [5.74, 6) is -0.312. The summed E-state index contributed by atoms with van der Waals surface area (Å²) >= 11 is 1.44. The third-order valence-electron chi connectivity index (χ3n) is 3.42. The summed E-state index contributed by atoms with van der Waals surface area (Å²) in [6.45, 7) is 8.78. The van der Waals surface area contributed by atoms with Crippen LogP contribution in [-0.4, -0.2) is 25.7 Å². The fourth-order valence-corrected chi connectivity index (χ4v) is 3.51. The molecule has 0 spiro atoms. The molecule has 0 unspecified atom stereocenters. The largest absolute Gasteiger partial charge is 0.462 e. The highest BCUT2D eigenvalue weighted by Gasteiger charge is 2.28. The fourth-order valence-electron chi connectivity index (χ4n) is 2.51. The van der Waals surface area contributed by atoms with Gasteiger partial charge in [-0.3, -0.25) is 0 Å². The Kier molecular flexibility index (Phi) is 4.04. The monoisotopic (exact) mass is 282 g/mol. The number of nitrogens with two attached hydrogens (primary N) is 1. The number of carbonyl (C=O) groups excluding carboxylic acids is 1. The van der Waals surface area contributed by atoms with Gasteiger partial charge in [0.15, 0.2) is 0 Å². The van der Waals surface area contributed by atoms with Gasteiger partial charge in [0.1, 0.15) is 4.88 Å². The molecule has 1 saturated heterocycles. The van der Waals surface area contributed by atoms with Crippen molar-refractivity contribution in [3.63, 3.8) is 0 Å². The Morgan fingerprint density at radius 1 is 1.58 bits per heavy atom. The quantitative estimate of drug-likeness (QED) is 0.865. The molecule has 1 fully saturated rings. The maximum absolute atomic E-state index is 11.8. The maximum atomic E-state index is 11.8. The minimum absolute atomic E-state index is 0.312. The third kappa shape index (κ3) is 3.21. The number of piperidine rings is 1. The average molecular weight is 282 g/mol. The van der Waals surface area contributed by atoms with Gasteiger partial charge < -0.3 is 15.4 Å². The second-order valence-electron chi connectivity index (χ2n) is 5.78. The molecule has 1 aromatic heterocycles. The predicted octanol–water partition coefficient (Wildman–Crippen LogP) is 3.13. The molecule has 2 N–H and O–H groups in total. The lowest BCUT2D eigenvalue weighted by Gasteiger charge is -2.38. The number of nitrogen functional groups attached to an aromatic ring is 1. The summed E-state index contributed by atoms with van der Waals surface area (Å²) in [6, 6.07) is 1.90. The van der Waals surface area contributed by atoms with E-state index >= 15 is 0 Å². The Bertz CT molecular complexity index is 468. The normalized spacial score (nSPS) is 18.4. The average Bonchev–Trinajstić information content (AvgIpc) is 2.70. The van der Waals surface area contributed by atoms with Crippen LogP contribution in [0.5, 0.6) is 0 Å². The zero-order valence-corrected chi connectivity index (χ0v) is 12.7. The van der Waals surface area contributed by atoms with Crippen molar-refractivity contribution in [2.45, 2.75) is 33.6 Å². The molecule has 0 atom stereocenters. The second kappa shape index (κ2) is 5.41. The van der Waals surface area contributed by atoms with E-state index in [1.54, 1.807) is 6.92 Å². The van der Waals surface area contributed by atoms with Crippen LogP contribution >= 0.6 is 11.3 Å². The highest BCUT2D eigenvalue weighted by Crippen LogP contribution is 2.37. The van der Waals surface area contributed by atoms with E-state index in [2.05, 4.69) is 18.7 Å². The first-order chi connectivity index (χ1) is 8.93. The number of thiophene rings is 1. The van der Waals surface area contributed by atoms with E-state index in [0.717, 1.165) is 18.1 Å². The Labute approximate surface area is 118 Å². The van der Waals surface area contributed by atoms with Crippen LogP contribution in [0.25, 0.3) is 0 Å². The summed E-state index contributed by atoms with van der Waals surface area (Å²) < 4.78 is 5.02. The Balaban J connectivity index is 2.17. The van der Waals surface area contributed by atoms with Crippen molar-refractivity contribution >= 4 is 28.0 Å². The third-order valence-corrected chi connectivity index (χ3v) is 4.61. The zero-order chi connectivity index (χ0) is 14.0. The SMILES string of the molecule is CCOC(=O)c1sc(N2CCCC(C)(C)C2)cc1N. The van der Waals surface area contributed by atoms with Gasteiger partial charge in [0.25, 0.3) is 0 Å². The van der Waals surface area contributed by atoms with Gasteiger partial charge in [-0.1, -0.05) is 13.8 Å². The molecule has 1 aliphatic heterocycles. The molecule has 0 aliphatic carbocycles. The van der Waals surface area contributed by atoms with E-state index in [4.69, 9.17) is 10.5 Å². The standard InChI is InChI=1S/C14H22N2O2S/c1-4-18-13(17)12-10(15)8-11(19-12)16-7-5-6-14(2,3)9-16/h8H,4-7,9,15H2,1-3H3. The summed E-state index contributed by atoms with van der Waals surface area (Å²) in [5.41, 5.74) is 6.78. The van der Waals surface area contributed by atoms with Gasteiger partial charge in [-0.05, 0) is 31.2 Å². The topological polar surface area (TPSA) is 55.6 Å². The number of rotatable bonds is 3. The van der Waals surface area contributed by atoms with Crippen LogP contribution in [0.4, 0.5) is 10.7 Å². The van der Waals surface area contributed by atoms with Crippen LogP contribution in [-0.2, 0) is 4.74 Å². The molecule has 0 amide bonds. The minimum atomic E-state index is -0.312. The van der Waals surface area contributed by atoms with Crippen LogP contribution in [0.1, 0.15) is 43.3 Å². The molecule has 0 aromatic carbocycles. The maximum Gasteiger partial charge on any atom is 0.350 e. The Hall–Kier alpha value is -1.23. The van der Waals surface area contributed by atoms with E-state index in [1.165, 1.54) is 24.2 Å². The summed E-state index contributed by atoms with van der Waals surface area (Å²) in [6.07, 6.45) is 2.43. The number of esters is 1. The molecule has 106 valence electrons. The Morgan fingerprint density at radius 2 is 2.32 bits per heavy atom. The van der Waals surface area contributed by atoms with Crippen molar-refractivity contribution in [2.24, 2.45) is 5.41 Å². The number of hydrogen-bond acceptors (Lipinski definition) is 5. The van der Waals surface area contributed by atoms with Crippen molar-refractivity contribution in [3.05, 3.63) is 10.9 Å². The smallest absolute Gasteiger partial charge is 0.350 e. The molecule has 0 bridgehead atoms. The molecular weight excluding hydrogens is 260 g/mol. The van der Waals surface area contributed by atoms with Crippen LogP contribution < -0.4 is 10.6 Å². The molecule has 5 heteroatoms. The van der Waals surface area contributed by atoms with Crippen LogP contribution in [0, 0.1) is 5.41 Å². The number of ether oxygens (including phenoxy) is 1. The fraction of sp³-hybridized carbons (Fsp3) is 0.643. The van der Waals surface area contributed by atoms with Gasteiger partial charge in [0.05, 0.1) is 17.3 Å². The molecule has 0 radical (unpaired) electrons. The lowest BCUT2D eigenvalue weighted by atomic mass is 9.84. The van der Waals surface area contributed by atoms with Crippen LogP contribution in [0.3, 0.4) is 0 Å². The van der Waals surface area contributed by atoms with Gasteiger partial charge in [-0.2, -0.15) is 0 Å². The van der Waals surface area contributed by atoms with Crippen LogP contribution in [0.15, 0.2) is 6.07 Å². The molecule has 1 aromatic rings. The zero-order valence-electron chi connectivity index (χ0n) is 11.9. The summed E-state index contributed by atoms with van der Waals surface area (Å²) in [7, 11) is 0. The van der Waals surface area contributed by atoms with E-state index in [1.807, 2.05) is 6.07 Å². The number of carbonyl (C=O) groups is 1. The molecular formula is C14H22N2O2S. The lowest BCUT2D eigenvalue weighted by Crippen LogP contribution is -2.39. The molecule has 0 saturated carbocycles. The van der Waals surface area contributed by atoms with E-state index in [9.17, 15) is 4.79 Å². The first-order valence-corrected chi connectivity index (χ1v) is 7.56. The van der Waals surface area contributed by atoms with Gasteiger partial charge in [-0.15, -0.1) is 11.3 Å². The first kappa shape index (κ1) is 14.2. The van der Waals surface area contributed by atoms with Gasteiger partial charge in [0, 0.05) is 13.1 Å². The van der Waals surface area contributed by atoms with Crippen molar-refractivity contribution in [1.29, 1.82) is 0 Å². The predicted molar refractivity (Wildman–Crippen MR) is 79.9 cm³/mol. The van der Waals surface area contributed by atoms with E-state index in [-0.39, 0.29) is 5.97 Å². The highest BCUT2D eigenvalue weighted by molar-refractivity contribution is 7.18.